The lowest BCUT2D eigenvalue weighted by Gasteiger charge is -2.04. The Hall–Kier alpha value is -2.56. The van der Waals surface area contributed by atoms with E-state index in [1.807, 2.05) is 25.2 Å². The molecule has 2 aromatic heterocycles. The second kappa shape index (κ2) is 3.73. The minimum atomic E-state index is 0.159. The summed E-state index contributed by atoms with van der Waals surface area (Å²) in [6, 6.07) is 7.55. The van der Waals surface area contributed by atoms with Crippen LogP contribution in [-0.2, 0) is 7.05 Å². The number of fused-ring (bicyclic) bond motifs is 1. The van der Waals surface area contributed by atoms with Crippen LogP contribution in [0.4, 0.5) is 5.82 Å². The predicted molar refractivity (Wildman–Crippen MR) is 70.0 cm³/mol. The van der Waals surface area contributed by atoms with E-state index in [2.05, 4.69) is 10.1 Å². The molecule has 0 atom stereocenters. The number of pyridine rings is 1. The number of nitrogens with two attached hydrogens (primary N) is 1. The predicted octanol–water partition coefficient (Wildman–Crippen LogP) is 1.92. The highest BCUT2D eigenvalue weighted by Gasteiger charge is 2.09. The summed E-state index contributed by atoms with van der Waals surface area (Å²) < 4.78 is 1.73. The minimum absolute atomic E-state index is 0.159. The van der Waals surface area contributed by atoms with E-state index in [0.29, 0.717) is 5.82 Å². The molecular weight excluding hydrogens is 228 g/mol. The summed E-state index contributed by atoms with van der Waals surface area (Å²) in [5.74, 6) is 0.671. The molecule has 0 aliphatic rings. The summed E-state index contributed by atoms with van der Waals surface area (Å²) >= 11 is 0. The van der Waals surface area contributed by atoms with E-state index >= 15 is 0 Å². The molecule has 0 saturated heterocycles. The van der Waals surface area contributed by atoms with Gasteiger partial charge >= 0.3 is 0 Å². The van der Waals surface area contributed by atoms with Crippen LogP contribution < -0.4 is 5.73 Å². The first-order valence-electron chi connectivity index (χ1n) is 5.52. The molecule has 5 heteroatoms. The zero-order valence-electron chi connectivity index (χ0n) is 9.83. The molecule has 0 amide bonds. The number of rotatable bonds is 1. The van der Waals surface area contributed by atoms with Crippen molar-refractivity contribution in [3.05, 3.63) is 36.7 Å². The first-order valence-corrected chi connectivity index (χ1v) is 5.52. The van der Waals surface area contributed by atoms with Crippen LogP contribution in [0.2, 0.25) is 0 Å². The molecule has 3 rings (SSSR count). The number of aryl methyl sites for hydroxylation is 1. The quantitative estimate of drug-likeness (QED) is 0.681. The molecule has 0 radical (unpaired) electrons. The van der Waals surface area contributed by atoms with Gasteiger partial charge in [-0.05, 0) is 23.8 Å². The zero-order valence-corrected chi connectivity index (χ0v) is 9.83. The van der Waals surface area contributed by atoms with Crippen molar-refractivity contribution in [3.8, 4) is 16.9 Å². The van der Waals surface area contributed by atoms with Crippen molar-refractivity contribution >= 4 is 16.7 Å². The molecule has 0 fully saturated rings. The molecule has 0 bridgehead atoms. The lowest BCUT2D eigenvalue weighted by atomic mass is 10.0. The fourth-order valence-electron chi connectivity index (χ4n) is 2.08. The molecule has 2 heterocycles. The van der Waals surface area contributed by atoms with Crippen LogP contribution in [0.3, 0.4) is 0 Å². The number of aromatic nitrogens is 3. The van der Waals surface area contributed by atoms with Crippen LogP contribution >= 0.6 is 0 Å². The van der Waals surface area contributed by atoms with E-state index in [9.17, 15) is 5.11 Å². The summed E-state index contributed by atoms with van der Waals surface area (Å²) in [6.07, 6.45) is 3.08. The zero-order chi connectivity index (χ0) is 12.7. The molecule has 1 aromatic carbocycles. The summed E-state index contributed by atoms with van der Waals surface area (Å²) in [4.78, 5) is 3.87. The third-order valence-electron chi connectivity index (χ3n) is 2.99. The Morgan fingerprint density at radius 2 is 2.11 bits per heavy atom. The van der Waals surface area contributed by atoms with Gasteiger partial charge in [0.15, 0.2) is 5.82 Å². The number of nitrogens with zero attached hydrogens (tertiary/aromatic N) is 3. The number of hydrogen-bond acceptors (Lipinski definition) is 4. The van der Waals surface area contributed by atoms with Gasteiger partial charge in [0.2, 0.25) is 0 Å². The van der Waals surface area contributed by atoms with Gasteiger partial charge in [-0.15, -0.1) is 0 Å². The largest absolute Gasteiger partial charge is 0.506 e. The summed E-state index contributed by atoms with van der Waals surface area (Å²) in [6.45, 7) is 0. The summed E-state index contributed by atoms with van der Waals surface area (Å²) in [5, 5.41) is 14.9. The number of aromatic hydroxyl groups is 1. The van der Waals surface area contributed by atoms with E-state index in [0.717, 1.165) is 22.0 Å². The Balaban J connectivity index is 2.26. The highest BCUT2D eigenvalue weighted by Crippen LogP contribution is 2.31. The van der Waals surface area contributed by atoms with Crippen molar-refractivity contribution in [1.82, 2.24) is 14.8 Å². The summed E-state index contributed by atoms with van der Waals surface area (Å²) in [7, 11) is 1.84. The van der Waals surface area contributed by atoms with Gasteiger partial charge in [0.25, 0.3) is 0 Å². The molecule has 3 N–H and O–H groups in total. The van der Waals surface area contributed by atoms with Gasteiger partial charge in [-0.1, -0.05) is 6.07 Å². The molecule has 3 aromatic rings. The lowest BCUT2D eigenvalue weighted by Crippen LogP contribution is -1.91. The number of anilines is 1. The molecule has 0 saturated carbocycles. The first kappa shape index (κ1) is 10.6. The molecule has 90 valence electrons. The Labute approximate surface area is 103 Å². The Morgan fingerprint density at radius 1 is 1.28 bits per heavy atom. The van der Waals surface area contributed by atoms with Gasteiger partial charge in [-0.3, -0.25) is 9.67 Å². The van der Waals surface area contributed by atoms with Gasteiger partial charge in [0.05, 0.1) is 11.7 Å². The molecule has 18 heavy (non-hydrogen) atoms. The number of hydrogen-bond donors (Lipinski definition) is 2. The van der Waals surface area contributed by atoms with Gasteiger partial charge in [0.1, 0.15) is 5.75 Å². The van der Waals surface area contributed by atoms with Crippen LogP contribution in [-0.4, -0.2) is 19.9 Å². The van der Waals surface area contributed by atoms with Crippen LogP contribution in [0.1, 0.15) is 0 Å². The fraction of sp³-hybridized carbons (Fsp3) is 0.0769. The van der Waals surface area contributed by atoms with Crippen molar-refractivity contribution in [2.45, 2.75) is 0 Å². The van der Waals surface area contributed by atoms with Gasteiger partial charge in [-0.25, -0.2) is 0 Å². The highest BCUT2D eigenvalue weighted by molar-refractivity contribution is 5.92. The van der Waals surface area contributed by atoms with Gasteiger partial charge in [0, 0.05) is 24.2 Å². The van der Waals surface area contributed by atoms with E-state index in [1.165, 1.54) is 6.20 Å². The monoisotopic (exact) mass is 240 g/mol. The van der Waals surface area contributed by atoms with Gasteiger partial charge < -0.3 is 10.8 Å². The van der Waals surface area contributed by atoms with E-state index < -0.39 is 0 Å². The van der Waals surface area contributed by atoms with E-state index in [1.54, 1.807) is 16.9 Å². The molecule has 5 nitrogen and oxygen atoms in total. The third kappa shape index (κ3) is 1.48. The second-order valence-corrected chi connectivity index (χ2v) is 4.13. The third-order valence-corrected chi connectivity index (χ3v) is 2.99. The van der Waals surface area contributed by atoms with Crippen molar-refractivity contribution in [1.29, 1.82) is 0 Å². The Bertz CT molecular complexity index is 733. The normalized spacial score (nSPS) is 10.9. The van der Waals surface area contributed by atoms with Crippen LogP contribution in [0.15, 0.2) is 36.7 Å². The van der Waals surface area contributed by atoms with Crippen LogP contribution in [0.25, 0.3) is 22.0 Å². The van der Waals surface area contributed by atoms with Crippen LogP contribution in [0.5, 0.6) is 5.75 Å². The highest BCUT2D eigenvalue weighted by atomic mass is 16.3. The summed E-state index contributed by atoms with van der Waals surface area (Å²) in [5.41, 5.74) is 8.39. The average molecular weight is 240 g/mol. The standard InChI is InChI=1S/C13H12N4O/c1-17-11-6-8(2-3-10(11)13(14)16-17)9-4-5-15-7-12(9)18/h2-7,18H,1H3,(H2,14,16). The molecule has 0 aliphatic heterocycles. The minimum Gasteiger partial charge on any atom is -0.506 e. The number of benzene rings is 1. The Kier molecular flexibility index (Phi) is 2.19. The maximum absolute atomic E-state index is 9.80. The average Bonchev–Trinajstić information content (AvgIpc) is 2.65. The van der Waals surface area contributed by atoms with Crippen molar-refractivity contribution in [2.75, 3.05) is 5.73 Å². The Morgan fingerprint density at radius 3 is 2.89 bits per heavy atom. The van der Waals surface area contributed by atoms with E-state index in [-0.39, 0.29) is 5.75 Å². The molecule has 0 aliphatic carbocycles. The fourth-order valence-corrected chi connectivity index (χ4v) is 2.08. The van der Waals surface area contributed by atoms with Gasteiger partial charge in [-0.2, -0.15) is 5.10 Å². The lowest BCUT2D eigenvalue weighted by molar-refractivity contribution is 0.475. The SMILES string of the molecule is Cn1nc(N)c2ccc(-c3ccncc3O)cc21. The smallest absolute Gasteiger partial charge is 0.153 e. The first-order chi connectivity index (χ1) is 8.66. The molecular formula is C13H12N4O. The molecule has 0 spiro atoms. The molecule has 0 unspecified atom stereocenters. The maximum atomic E-state index is 9.80. The van der Waals surface area contributed by atoms with E-state index in [4.69, 9.17) is 5.73 Å². The number of nitrogen functional groups attached to an aromatic ring is 1. The topological polar surface area (TPSA) is 77.0 Å². The maximum Gasteiger partial charge on any atom is 0.153 e. The van der Waals surface area contributed by atoms with Crippen LogP contribution in [0, 0.1) is 0 Å². The second-order valence-electron chi connectivity index (χ2n) is 4.13. The van der Waals surface area contributed by atoms with Crippen molar-refractivity contribution in [2.24, 2.45) is 7.05 Å². The van der Waals surface area contributed by atoms with Crippen molar-refractivity contribution in [3.63, 3.8) is 0 Å². The van der Waals surface area contributed by atoms with Crippen molar-refractivity contribution < 1.29 is 5.11 Å².